The van der Waals surface area contributed by atoms with E-state index in [4.69, 9.17) is 0 Å². The van der Waals surface area contributed by atoms with Gasteiger partial charge in [0.1, 0.15) is 0 Å². The van der Waals surface area contributed by atoms with Crippen LogP contribution in [0.25, 0.3) is 0 Å². The fourth-order valence-electron chi connectivity index (χ4n) is 5.53. The van der Waals surface area contributed by atoms with E-state index >= 15 is 0 Å². The average Bonchev–Trinajstić information content (AvgIpc) is 3.23. The molecule has 3 aliphatic heterocycles. The van der Waals surface area contributed by atoms with Crippen LogP contribution in [-0.4, -0.2) is 49.4 Å². The Labute approximate surface area is 161 Å². The number of anilines is 1. The predicted octanol–water partition coefficient (Wildman–Crippen LogP) is 2.20. The van der Waals surface area contributed by atoms with Crippen molar-refractivity contribution in [2.24, 2.45) is 17.3 Å². The summed E-state index contributed by atoms with van der Waals surface area (Å²) in [7, 11) is 0. The Morgan fingerprint density at radius 2 is 1.74 bits per heavy atom. The second-order valence-corrected chi connectivity index (χ2v) is 8.84. The third-order valence-corrected chi connectivity index (χ3v) is 7.40. The van der Waals surface area contributed by atoms with Crippen LogP contribution >= 0.6 is 0 Å². The molecule has 5 rings (SSSR count). The van der Waals surface area contributed by atoms with Crippen molar-refractivity contribution < 1.29 is 9.59 Å². The minimum absolute atomic E-state index is 0.0623. The molecule has 27 heavy (non-hydrogen) atoms. The third kappa shape index (κ3) is 2.96. The summed E-state index contributed by atoms with van der Waals surface area (Å²) >= 11 is 0. The van der Waals surface area contributed by atoms with E-state index in [1.165, 1.54) is 5.56 Å². The van der Waals surface area contributed by atoms with Crippen LogP contribution in [0.3, 0.4) is 0 Å². The van der Waals surface area contributed by atoms with Crippen molar-refractivity contribution >= 4 is 17.5 Å². The number of rotatable bonds is 2. The number of nitrogens with one attached hydrogen (secondary N) is 1. The Balaban J connectivity index is 1.18. The molecule has 2 saturated heterocycles. The first kappa shape index (κ1) is 17.2. The molecular formula is C22H29N3O2. The molecule has 1 saturated carbocycles. The Morgan fingerprint density at radius 1 is 1.00 bits per heavy atom. The van der Waals surface area contributed by atoms with E-state index in [1.54, 1.807) is 0 Å². The summed E-state index contributed by atoms with van der Waals surface area (Å²) in [4.78, 5) is 30.0. The molecule has 3 heterocycles. The van der Waals surface area contributed by atoms with E-state index in [-0.39, 0.29) is 17.7 Å². The average molecular weight is 367 g/mol. The molecule has 144 valence electrons. The monoisotopic (exact) mass is 367 g/mol. The van der Waals surface area contributed by atoms with Gasteiger partial charge in [-0.1, -0.05) is 18.2 Å². The normalized spacial score (nSPS) is 26.9. The van der Waals surface area contributed by atoms with E-state index in [2.05, 4.69) is 17.4 Å². The number of fused-ring (bicyclic) bond motifs is 1. The highest BCUT2D eigenvalue weighted by Crippen LogP contribution is 2.59. The van der Waals surface area contributed by atoms with Crippen molar-refractivity contribution in [3.8, 4) is 0 Å². The largest absolute Gasteiger partial charge is 0.342 e. The standard InChI is InChI=1S/C22H29N3O2/c26-20(25-14-7-16-3-1-2-4-19(16)25)17-5-12-24(13-6-17)21(27)18-15-22(18)8-10-23-11-9-22/h1-4,17-18,23H,5-15H2. The first-order valence-corrected chi connectivity index (χ1v) is 10.6. The van der Waals surface area contributed by atoms with Crippen LogP contribution in [0.2, 0.25) is 0 Å². The van der Waals surface area contributed by atoms with Crippen LogP contribution in [0.5, 0.6) is 0 Å². The molecule has 1 aliphatic carbocycles. The van der Waals surface area contributed by atoms with Gasteiger partial charge in [0.15, 0.2) is 0 Å². The molecule has 4 aliphatic rings. The lowest BCUT2D eigenvalue weighted by Crippen LogP contribution is -2.45. The number of carbonyl (C=O) groups is 2. The quantitative estimate of drug-likeness (QED) is 0.872. The topological polar surface area (TPSA) is 52.7 Å². The van der Waals surface area contributed by atoms with Crippen LogP contribution in [0.4, 0.5) is 5.69 Å². The number of carbonyl (C=O) groups excluding carboxylic acids is 2. The van der Waals surface area contributed by atoms with Gasteiger partial charge in [-0.25, -0.2) is 0 Å². The highest BCUT2D eigenvalue weighted by Gasteiger charge is 2.58. The third-order valence-electron chi connectivity index (χ3n) is 7.40. The van der Waals surface area contributed by atoms with Gasteiger partial charge in [0.2, 0.25) is 11.8 Å². The SMILES string of the molecule is O=C(C1CC12CCNCC2)N1CCC(C(=O)N2CCc3ccccc32)CC1. The van der Waals surface area contributed by atoms with Crippen LogP contribution in [0, 0.1) is 17.3 Å². The van der Waals surface area contributed by atoms with Crippen molar-refractivity contribution in [2.75, 3.05) is 37.6 Å². The van der Waals surface area contributed by atoms with Crippen molar-refractivity contribution in [1.82, 2.24) is 10.2 Å². The van der Waals surface area contributed by atoms with E-state index in [1.807, 2.05) is 21.9 Å². The number of nitrogens with zero attached hydrogens (tertiary/aromatic N) is 2. The molecule has 5 heteroatoms. The van der Waals surface area contributed by atoms with Gasteiger partial charge in [0, 0.05) is 37.2 Å². The first-order chi connectivity index (χ1) is 13.2. The van der Waals surface area contributed by atoms with E-state index in [0.29, 0.717) is 11.3 Å². The maximum absolute atomic E-state index is 13.0. The first-order valence-electron chi connectivity index (χ1n) is 10.6. The second kappa shape index (κ2) is 6.62. The summed E-state index contributed by atoms with van der Waals surface area (Å²) < 4.78 is 0. The fourth-order valence-corrected chi connectivity index (χ4v) is 5.53. The molecule has 1 aromatic carbocycles. The number of hydrogen-bond acceptors (Lipinski definition) is 3. The zero-order chi connectivity index (χ0) is 18.4. The van der Waals surface area contributed by atoms with Crippen molar-refractivity contribution in [3.63, 3.8) is 0 Å². The number of para-hydroxylation sites is 1. The molecule has 1 aromatic rings. The van der Waals surface area contributed by atoms with Crippen LogP contribution in [-0.2, 0) is 16.0 Å². The predicted molar refractivity (Wildman–Crippen MR) is 104 cm³/mol. The van der Waals surface area contributed by atoms with Crippen LogP contribution in [0.1, 0.15) is 37.7 Å². The van der Waals surface area contributed by atoms with E-state index < -0.39 is 0 Å². The van der Waals surface area contributed by atoms with Gasteiger partial charge in [-0.2, -0.15) is 0 Å². The highest BCUT2D eigenvalue weighted by atomic mass is 16.2. The van der Waals surface area contributed by atoms with Gasteiger partial charge >= 0.3 is 0 Å². The highest BCUT2D eigenvalue weighted by molar-refractivity contribution is 5.97. The van der Waals surface area contributed by atoms with Crippen LogP contribution in [0.15, 0.2) is 24.3 Å². The summed E-state index contributed by atoms with van der Waals surface area (Å²) in [6.45, 7) is 4.40. The fraction of sp³-hybridized carbons (Fsp3) is 0.636. The number of likely N-dealkylation sites (tertiary alicyclic amines) is 1. The number of benzene rings is 1. The lowest BCUT2D eigenvalue weighted by Gasteiger charge is -2.34. The molecule has 5 nitrogen and oxygen atoms in total. The Kier molecular flexibility index (Phi) is 4.23. The Bertz CT molecular complexity index is 748. The van der Waals surface area contributed by atoms with E-state index in [9.17, 15) is 9.59 Å². The van der Waals surface area contributed by atoms with Crippen LogP contribution < -0.4 is 10.2 Å². The molecule has 1 atom stereocenters. The van der Waals surface area contributed by atoms with Gasteiger partial charge in [0.05, 0.1) is 0 Å². The second-order valence-electron chi connectivity index (χ2n) is 8.84. The minimum Gasteiger partial charge on any atom is -0.342 e. The lowest BCUT2D eigenvalue weighted by molar-refractivity contribution is -0.137. The zero-order valence-corrected chi connectivity index (χ0v) is 16.0. The van der Waals surface area contributed by atoms with Crippen molar-refractivity contribution in [2.45, 2.75) is 38.5 Å². The van der Waals surface area contributed by atoms with Gasteiger partial charge in [0.25, 0.3) is 0 Å². The molecule has 0 bridgehead atoms. The summed E-state index contributed by atoms with van der Waals surface area (Å²) in [5.41, 5.74) is 2.67. The molecule has 1 spiro atoms. The summed E-state index contributed by atoms with van der Waals surface area (Å²) in [5, 5.41) is 3.40. The number of piperidine rings is 2. The lowest BCUT2D eigenvalue weighted by atomic mass is 9.90. The Hall–Kier alpha value is -1.88. The van der Waals surface area contributed by atoms with Gasteiger partial charge in [-0.3, -0.25) is 9.59 Å². The summed E-state index contributed by atoms with van der Waals surface area (Å²) in [6.07, 6.45) is 5.95. The molecule has 2 amide bonds. The molecule has 1 N–H and O–H groups in total. The van der Waals surface area contributed by atoms with Crippen molar-refractivity contribution in [1.29, 1.82) is 0 Å². The summed E-state index contributed by atoms with van der Waals surface area (Å²) in [6, 6.07) is 8.24. The Morgan fingerprint density at radius 3 is 2.52 bits per heavy atom. The minimum atomic E-state index is 0.0623. The van der Waals surface area contributed by atoms with Gasteiger partial charge < -0.3 is 15.1 Å². The maximum Gasteiger partial charge on any atom is 0.230 e. The number of amides is 2. The smallest absolute Gasteiger partial charge is 0.230 e. The molecular weight excluding hydrogens is 338 g/mol. The van der Waals surface area contributed by atoms with Gasteiger partial charge in [-0.15, -0.1) is 0 Å². The molecule has 3 fully saturated rings. The summed E-state index contributed by atoms with van der Waals surface area (Å²) in [5.74, 6) is 0.923. The zero-order valence-electron chi connectivity index (χ0n) is 16.0. The van der Waals surface area contributed by atoms with Crippen molar-refractivity contribution in [3.05, 3.63) is 29.8 Å². The molecule has 1 unspecified atom stereocenters. The number of hydrogen-bond donors (Lipinski definition) is 1. The van der Waals surface area contributed by atoms with Gasteiger partial charge in [-0.05, 0) is 68.7 Å². The molecule has 0 aromatic heterocycles. The maximum atomic E-state index is 13.0. The molecule has 0 radical (unpaired) electrons. The van der Waals surface area contributed by atoms with E-state index in [0.717, 1.165) is 76.9 Å².